The molecule has 0 unspecified atom stereocenters. The maximum Gasteiger partial charge on any atom is 0.435 e. The van der Waals surface area contributed by atoms with Crippen LogP contribution in [0.25, 0.3) is 0 Å². The van der Waals surface area contributed by atoms with Gasteiger partial charge in [0.2, 0.25) is 0 Å². The van der Waals surface area contributed by atoms with Crippen molar-refractivity contribution in [1.82, 2.24) is 4.90 Å². The molecule has 2 aromatic carbocycles. The molecule has 1 N–H and O–H groups in total. The third-order valence-corrected chi connectivity index (χ3v) is 7.41. The highest BCUT2D eigenvalue weighted by atomic mass is 32.2. The molecule has 0 spiro atoms. The van der Waals surface area contributed by atoms with Gasteiger partial charge in [-0.1, -0.05) is 12.1 Å². The average Bonchev–Trinajstić information content (AvgIpc) is 2.82. The molecule has 2 amide bonds. The van der Waals surface area contributed by atoms with Gasteiger partial charge in [0, 0.05) is 42.3 Å². The molecular weight excluding hydrogens is 587 g/mol. The monoisotopic (exact) mass is 609 g/mol. The number of carbonyl (C=O) groups is 1. The van der Waals surface area contributed by atoms with Gasteiger partial charge in [0.25, 0.3) is 0 Å². The molecule has 222 valence electrons. The Bertz CT molecular complexity index is 1220. The fraction of sp³-hybridized carbons (Fsp3) is 0.458. The number of aryl methyl sites for hydroxylation is 2. The van der Waals surface area contributed by atoms with Crippen molar-refractivity contribution in [2.45, 2.75) is 42.9 Å². The summed E-state index contributed by atoms with van der Waals surface area (Å²) in [5.41, 5.74) is -7.34. The minimum absolute atomic E-state index is 0.0110. The highest BCUT2D eigenvalue weighted by Gasteiger charge is 2.73. The normalized spacial score (nSPS) is 15.4. The standard InChI is InChI=1S/C24H22F11N3OS/c1-13-9-15(22(29,23(30,31)32)24(33,34)35)3-4-17(13)36-20(39)38-7-5-37(6-8-38)18-11-19(14(2)10-16(18)25)40-12-21(26,27)28/h3-4,9-11H,5-8,12H2,1-2H3,(H,36,39). The van der Waals surface area contributed by atoms with Gasteiger partial charge in [-0.25, -0.2) is 13.6 Å². The van der Waals surface area contributed by atoms with E-state index in [-0.39, 0.29) is 54.1 Å². The zero-order valence-electron chi connectivity index (χ0n) is 20.8. The number of hydrogen-bond acceptors (Lipinski definition) is 3. The van der Waals surface area contributed by atoms with Crippen molar-refractivity contribution in [2.24, 2.45) is 0 Å². The molecule has 1 saturated heterocycles. The first-order valence-corrected chi connectivity index (χ1v) is 12.5. The highest BCUT2D eigenvalue weighted by molar-refractivity contribution is 7.99. The van der Waals surface area contributed by atoms with Crippen LogP contribution in [0.2, 0.25) is 0 Å². The van der Waals surface area contributed by atoms with Gasteiger partial charge in [0.15, 0.2) is 0 Å². The number of halogens is 11. The molecule has 1 aliphatic rings. The fourth-order valence-electron chi connectivity index (χ4n) is 4.05. The molecule has 2 aromatic rings. The van der Waals surface area contributed by atoms with Gasteiger partial charge < -0.3 is 15.1 Å². The van der Waals surface area contributed by atoms with Gasteiger partial charge in [-0.05, 0) is 43.2 Å². The number of nitrogens with zero attached hydrogens (tertiary/aromatic N) is 2. The van der Waals surface area contributed by atoms with Crippen molar-refractivity contribution >= 4 is 29.2 Å². The second kappa shape index (κ2) is 11.2. The summed E-state index contributed by atoms with van der Waals surface area (Å²) in [6.45, 7) is 2.75. The zero-order chi connectivity index (χ0) is 30.3. The highest BCUT2D eigenvalue weighted by Crippen LogP contribution is 2.53. The maximum atomic E-state index is 14.6. The van der Waals surface area contributed by atoms with E-state index in [1.807, 2.05) is 0 Å². The Kier molecular flexibility index (Phi) is 8.82. The number of rotatable bonds is 5. The lowest BCUT2D eigenvalue weighted by molar-refractivity contribution is -0.348. The second-order valence-electron chi connectivity index (χ2n) is 9.06. The minimum atomic E-state index is -6.28. The van der Waals surface area contributed by atoms with Crippen LogP contribution in [-0.4, -0.2) is 61.4 Å². The smallest absolute Gasteiger partial charge is 0.366 e. The molecular formula is C24H22F11N3OS. The number of hydrogen-bond donors (Lipinski definition) is 1. The average molecular weight is 610 g/mol. The van der Waals surface area contributed by atoms with Gasteiger partial charge in [0.1, 0.15) is 5.82 Å². The first kappa shape index (κ1) is 31.6. The molecule has 1 aliphatic heterocycles. The first-order valence-electron chi connectivity index (χ1n) is 11.5. The molecule has 0 aromatic heterocycles. The Morgan fingerprint density at radius 1 is 0.850 bits per heavy atom. The van der Waals surface area contributed by atoms with E-state index in [0.717, 1.165) is 19.1 Å². The van der Waals surface area contributed by atoms with Crippen molar-refractivity contribution in [3.63, 3.8) is 0 Å². The number of benzene rings is 2. The molecule has 1 fully saturated rings. The molecule has 0 atom stereocenters. The van der Waals surface area contributed by atoms with Crippen LogP contribution in [0.4, 0.5) is 64.5 Å². The Morgan fingerprint density at radius 2 is 1.43 bits per heavy atom. The van der Waals surface area contributed by atoms with Gasteiger partial charge in [0.05, 0.1) is 11.4 Å². The summed E-state index contributed by atoms with van der Waals surface area (Å²) in [5, 5.41) is 2.35. The Hall–Kier alpha value is -2.91. The number of thioether (sulfide) groups is 1. The van der Waals surface area contributed by atoms with Gasteiger partial charge in [-0.3, -0.25) is 0 Å². The third kappa shape index (κ3) is 6.69. The SMILES string of the molecule is Cc1cc(C(F)(C(F)(F)F)C(F)(F)F)ccc1NC(=O)N1CCN(c2cc(SCC(F)(F)F)c(C)cc2F)CC1. The van der Waals surface area contributed by atoms with E-state index in [1.54, 1.807) is 0 Å². The molecule has 0 bridgehead atoms. The van der Waals surface area contributed by atoms with Gasteiger partial charge in [-0.15, -0.1) is 11.8 Å². The summed E-state index contributed by atoms with van der Waals surface area (Å²) in [6, 6.07) is 3.02. The molecule has 16 heteroatoms. The van der Waals surface area contributed by atoms with E-state index in [2.05, 4.69) is 5.32 Å². The summed E-state index contributed by atoms with van der Waals surface area (Å²) < 4.78 is 145. The van der Waals surface area contributed by atoms with Crippen molar-refractivity contribution in [3.8, 4) is 0 Å². The molecule has 40 heavy (non-hydrogen) atoms. The molecule has 0 saturated carbocycles. The predicted octanol–water partition coefficient (Wildman–Crippen LogP) is 7.74. The number of amides is 2. The van der Waals surface area contributed by atoms with E-state index in [9.17, 15) is 53.1 Å². The molecule has 0 aliphatic carbocycles. The number of alkyl halides is 10. The fourth-order valence-corrected chi connectivity index (χ4v) is 4.85. The molecule has 3 rings (SSSR count). The first-order chi connectivity index (χ1) is 18.2. The third-order valence-electron chi connectivity index (χ3n) is 6.19. The number of urea groups is 1. The summed E-state index contributed by atoms with van der Waals surface area (Å²) in [7, 11) is 0. The lowest BCUT2D eigenvalue weighted by Gasteiger charge is -2.36. The maximum absolute atomic E-state index is 14.6. The summed E-state index contributed by atoms with van der Waals surface area (Å²) in [4.78, 5) is 15.7. The van der Waals surface area contributed by atoms with Crippen LogP contribution in [0.3, 0.4) is 0 Å². The Balaban J connectivity index is 1.69. The Labute approximate surface area is 225 Å². The topological polar surface area (TPSA) is 35.6 Å². The summed E-state index contributed by atoms with van der Waals surface area (Å²) >= 11 is 0.513. The van der Waals surface area contributed by atoms with Crippen LogP contribution in [0, 0.1) is 19.7 Å². The zero-order valence-corrected chi connectivity index (χ0v) is 21.6. The van der Waals surface area contributed by atoms with Gasteiger partial charge >= 0.3 is 30.2 Å². The van der Waals surface area contributed by atoms with Crippen molar-refractivity contribution < 1.29 is 53.1 Å². The van der Waals surface area contributed by atoms with Crippen LogP contribution in [-0.2, 0) is 5.67 Å². The number of piperazine rings is 1. The predicted molar refractivity (Wildman–Crippen MR) is 127 cm³/mol. The van der Waals surface area contributed by atoms with Crippen LogP contribution in [0.5, 0.6) is 0 Å². The largest absolute Gasteiger partial charge is 0.435 e. The second-order valence-corrected chi connectivity index (χ2v) is 10.1. The lowest BCUT2D eigenvalue weighted by Crippen LogP contribution is -2.50. The number of anilines is 2. The number of carbonyl (C=O) groups excluding carboxylic acids is 1. The summed E-state index contributed by atoms with van der Waals surface area (Å²) in [6.07, 6.45) is -17.0. The van der Waals surface area contributed by atoms with Crippen molar-refractivity contribution in [3.05, 3.63) is 52.8 Å². The van der Waals surface area contributed by atoms with Gasteiger partial charge in [-0.2, -0.15) is 39.5 Å². The summed E-state index contributed by atoms with van der Waals surface area (Å²) in [5.74, 6) is -1.82. The molecule has 1 heterocycles. The van der Waals surface area contributed by atoms with Crippen molar-refractivity contribution in [2.75, 3.05) is 42.1 Å². The minimum Gasteiger partial charge on any atom is -0.366 e. The molecule has 0 radical (unpaired) electrons. The van der Waals surface area contributed by atoms with Crippen LogP contribution in [0.1, 0.15) is 16.7 Å². The lowest BCUT2D eigenvalue weighted by atomic mass is 9.92. The Morgan fingerprint density at radius 3 is 1.93 bits per heavy atom. The van der Waals surface area contributed by atoms with Crippen LogP contribution < -0.4 is 10.2 Å². The molecule has 4 nitrogen and oxygen atoms in total. The van der Waals surface area contributed by atoms with E-state index < -0.39 is 47.4 Å². The van der Waals surface area contributed by atoms with E-state index in [1.165, 1.54) is 22.8 Å². The van der Waals surface area contributed by atoms with E-state index in [0.29, 0.717) is 23.4 Å². The van der Waals surface area contributed by atoms with Crippen molar-refractivity contribution in [1.29, 1.82) is 0 Å². The van der Waals surface area contributed by atoms with E-state index in [4.69, 9.17) is 0 Å². The number of nitrogens with one attached hydrogen (secondary N) is 1. The van der Waals surface area contributed by atoms with E-state index >= 15 is 0 Å². The quantitative estimate of drug-likeness (QED) is 0.278. The van der Waals surface area contributed by atoms with Crippen LogP contribution >= 0.6 is 11.8 Å². The van der Waals surface area contributed by atoms with Crippen LogP contribution in [0.15, 0.2) is 35.2 Å².